The maximum absolute atomic E-state index is 10.0. The van der Waals surface area contributed by atoms with Crippen molar-refractivity contribution in [3.8, 4) is 0 Å². The summed E-state index contributed by atoms with van der Waals surface area (Å²) in [6.45, 7) is 2.71. The molecule has 0 saturated carbocycles. The normalized spacial score (nSPS) is 26.7. The molecule has 1 N–H and O–H groups in total. The Balaban J connectivity index is 2.28. The number of carboxylic acid groups (broad SMARTS) is 1. The van der Waals surface area contributed by atoms with Crippen molar-refractivity contribution < 1.29 is 14.6 Å². The summed E-state index contributed by atoms with van der Waals surface area (Å²) in [5, 5.41) is 8.24. The first-order valence-corrected chi connectivity index (χ1v) is 3.23. The van der Waals surface area contributed by atoms with Gasteiger partial charge in [-0.25, -0.2) is 4.79 Å². The molecule has 56 valence electrons. The number of hydrogen-bond acceptors (Lipinski definition) is 2. The predicted octanol–water partition coefficient (Wildman–Crippen LogP) is 0.662. The summed E-state index contributed by atoms with van der Waals surface area (Å²) in [5.74, 6) is -0.663. The highest BCUT2D eigenvalue weighted by molar-refractivity contribution is 5.79. The molecule has 0 aliphatic carbocycles. The van der Waals surface area contributed by atoms with Gasteiger partial charge in [0.05, 0.1) is 12.7 Å². The number of carboxylic acids is 1. The summed E-state index contributed by atoms with van der Waals surface area (Å²) in [6.07, 6.45) is 3.07. The fourth-order valence-electron chi connectivity index (χ4n) is 0.717. The van der Waals surface area contributed by atoms with Crippen molar-refractivity contribution in [3.05, 3.63) is 12.2 Å². The van der Waals surface area contributed by atoms with E-state index in [9.17, 15) is 4.79 Å². The van der Waals surface area contributed by atoms with Crippen LogP contribution in [-0.4, -0.2) is 23.8 Å². The second-order valence-electron chi connectivity index (χ2n) is 2.43. The molecule has 0 bridgehead atoms. The number of hydrogen-bond donors (Lipinski definition) is 1. The standard InChI is InChI=1S/C7H10O3/c1-5(6-4-10-6)2-3-7(8)9/h2-3,5-6H,4H2,1H3,(H,8,9)/t5?,6-/m0/s1. The minimum Gasteiger partial charge on any atom is -0.478 e. The molecule has 3 heteroatoms. The monoisotopic (exact) mass is 142 g/mol. The van der Waals surface area contributed by atoms with Crippen molar-refractivity contribution in [1.29, 1.82) is 0 Å². The van der Waals surface area contributed by atoms with Gasteiger partial charge in [0.1, 0.15) is 0 Å². The first-order chi connectivity index (χ1) is 4.70. The van der Waals surface area contributed by atoms with E-state index in [-0.39, 0.29) is 12.0 Å². The highest BCUT2D eigenvalue weighted by Crippen LogP contribution is 2.20. The van der Waals surface area contributed by atoms with Crippen molar-refractivity contribution in [3.63, 3.8) is 0 Å². The van der Waals surface area contributed by atoms with Gasteiger partial charge >= 0.3 is 5.97 Å². The molecular weight excluding hydrogens is 132 g/mol. The van der Waals surface area contributed by atoms with Gasteiger partial charge in [0.25, 0.3) is 0 Å². The molecule has 1 fully saturated rings. The zero-order valence-electron chi connectivity index (χ0n) is 5.78. The van der Waals surface area contributed by atoms with Gasteiger partial charge in [-0.05, 0) is 0 Å². The average molecular weight is 142 g/mol. The first-order valence-electron chi connectivity index (χ1n) is 3.23. The molecule has 1 unspecified atom stereocenters. The molecule has 1 rings (SSSR count). The molecular formula is C7H10O3. The Morgan fingerprint density at radius 2 is 2.50 bits per heavy atom. The Hall–Kier alpha value is -0.830. The van der Waals surface area contributed by atoms with E-state index in [2.05, 4.69) is 0 Å². The Kier molecular flexibility index (Phi) is 2.06. The molecule has 10 heavy (non-hydrogen) atoms. The number of ether oxygens (including phenoxy) is 1. The van der Waals surface area contributed by atoms with Gasteiger partial charge in [0.2, 0.25) is 0 Å². The molecule has 3 nitrogen and oxygen atoms in total. The van der Waals surface area contributed by atoms with Crippen LogP contribution < -0.4 is 0 Å². The highest BCUT2D eigenvalue weighted by Gasteiger charge is 2.27. The van der Waals surface area contributed by atoms with Crippen molar-refractivity contribution in [1.82, 2.24) is 0 Å². The van der Waals surface area contributed by atoms with Crippen molar-refractivity contribution in [2.24, 2.45) is 5.92 Å². The van der Waals surface area contributed by atoms with Crippen LogP contribution in [0, 0.1) is 5.92 Å². The largest absolute Gasteiger partial charge is 0.478 e. The van der Waals surface area contributed by atoms with Crippen LogP contribution in [0.5, 0.6) is 0 Å². The van der Waals surface area contributed by atoms with E-state index in [1.165, 1.54) is 0 Å². The molecule has 1 saturated heterocycles. The maximum atomic E-state index is 10.0. The van der Waals surface area contributed by atoms with Gasteiger partial charge in [-0.3, -0.25) is 0 Å². The van der Waals surface area contributed by atoms with Crippen LogP contribution in [0.15, 0.2) is 12.2 Å². The molecule has 2 atom stereocenters. The zero-order valence-corrected chi connectivity index (χ0v) is 5.78. The smallest absolute Gasteiger partial charge is 0.327 e. The number of rotatable bonds is 3. The molecule has 0 spiro atoms. The van der Waals surface area contributed by atoms with Crippen LogP contribution in [0.2, 0.25) is 0 Å². The summed E-state index contributed by atoms with van der Waals surface area (Å²) in [4.78, 5) is 10.0. The third kappa shape index (κ3) is 2.19. The molecule has 0 aromatic rings. The van der Waals surface area contributed by atoms with E-state index in [0.717, 1.165) is 12.7 Å². The van der Waals surface area contributed by atoms with Crippen molar-refractivity contribution >= 4 is 5.97 Å². The van der Waals surface area contributed by atoms with Gasteiger partial charge in [0, 0.05) is 12.0 Å². The van der Waals surface area contributed by atoms with Crippen molar-refractivity contribution in [2.45, 2.75) is 13.0 Å². The summed E-state index contributed by atoms with van der Waals surface area (Å²) in [5.41, 5.74) is 0. The van der Waals surface area contributed by atoms with Gasteiger partial charge in [-0.1, -0.05) is 13.0 Å². The molecule has 0 radical (unpaired) electrons. The lowest BCUT2D eigenvalue weighted by molar-refractivity contribution is -0.131. The van der Waals surface area contributed by atoms with Crippen LogP contribution >= 0.6 is 0 Å². The maximum Gasteiger partial charge on any atom is 0.327 e. The Morgan fingerprint density at radius 1 is 1.90 bits per heavy atom. The molecule has 0 aromatic carbocycles. The van der Waals surface area contributed by atoms with Gasteiger partial charge in [-0.2, -0.15) is 0 Å². The topological polar surface area (TPSA) is 49.8 Å². The fraction of sp³-hybridized carbons (Fsp3) is 0.571. The quantitative estimate of drug-likeness (QED) is 0.465. The molecule has 1 aliphatic heterocycles. The van der Waals surface area contributed by atoms with E-state index in [0.29, 0.717) is 0 Å². The van der Waals surface area contributed by atoms with Crippen LogP contribution in [0.3, 0.4) is 0 Å². The lowest BCUT2D eigenvalue weighted by Gasteiger charge is -1.96. The van der Waals surface area contributed by atoms with Crippen LogP contribution in [0.1, 0.15) is 6.92 Å². The molecule has 0 aromatic heterocycles. The third-order valence-electron chi connectivity index (χ3n) is 1.49. The summed E-state index contributed by atoms with van der Waals surface area (Å²) < 4.78 is 4.96. The second-order valence-corrected chi connectivity index (χ2v) is 2.43. The predicted molar refractivity (Wildman–Crippen MR) is 35.7 cm³/mol. The highest BCUT2D eigenvalue weighted by atomic mass is 16.6. The first kappa shape index (κ1) is 7.28. The number of epoxide rings is 1. The Morgan fingerprint density at radius 3 is 2.90 bits per heavy atom. The minimum absolute atomic E-state index is 0.232. The lowest BCUT2D eigenvalue weighted by Crippen LogP contribution is -1.99. The van der Waals surface area contributed by atoms with Crippen LogP contribution in [0.25, 0.3) is 0 Å². The van der Waals surface area contributed by atoms with Gasteiger partial charge in [0.15, 0.2) is 0 Å². The Bertz CT molecular complexity index is 158. The van der Waals surface area contributed by atoms with E-state index in [1.54, 1.807) is 6.08 Å². The van der Waals surface area contributed by atoms with E-state index in [4.69, 9.17) is 9.84 Å². The molecule has 0 amide bonds. The average Bonchev–Trinajstić information content (AvgIpc) is 2.63. The molecule has 1 aliphatic rings. The number of aliphatic carboxylic acids is 1. The Labute approximate surface area is 59.3 Å². The van der Waals surface area contributed by atoms with Gasteiger partial charge in [-0.15, -0.1) is 0 Å². The second kappa shape index (κ2) is 2.84. The van der Waals surface area contributed by atoms with Crippen molar-refractivity contribution in [2.75, 3.05) is 6.61 Å². The van der Waals surface area contributed by atoms with E-state index < -0.39 is 5.97 Å². The summed E-state index contributed by atoms with van der Waals surface area (Å²) in [7, 11) is 0. The summed E-state index contributed by atoms with van der Waals surface area (Å²) >= 11 is 0. The van der Waals surface area contributed by atoms with E-state index in [1.807, 2.05) is 6.92 Å². The van der Waals surface area contributed by atoms with E-state index >= 15 is 0 Å². The van der Waals surface area contributed by atoms with Crippen LogP contribution in [0.4, 0.5) is 0 Å². The summed E-state index contributed by atoms with van der Waals surface area (Å²) in [6, 6.07) is 0. The zero-order chi connectivity index (χ0) is 7.56. The van der Waals surface area contributed by atoms with Gasteiger partial charge < -0.3 is 9.84 Å². The SMILES string of the molecule is CC(C=CC(=O)O)[C@@H]1CO1. The van der Waals surface area contributed by atoms with Crippen LogP contribution in [-0.2, 0) is 9.53 Å². The fourth-order valence-corrected chi connectivity index (χ4v) is 0.717. The minimum atomic E-state index is -0.896. The lowest BCUT2D eigenvalue weighted by atomic mass is 10.1. The number of carbonyl (C=O) groups is 1. The third-order valence-corrected chi connectivity index (χ3v) is 1.49. The molecule has 1 heterocycles.